The molecule has 2 aliphatic rings. The Balaban J connectivity index is 1.95. The van der Waals surface area contributed by atoms with Gasteiger partial charge in [-0.15, -0.1) is 0 Å². The number of rotatable bonds is 4. The Morgan fingerprint density at radius 2 is 2.25 bits per heavy atom. The van der Waals surface area contributed by atoms with E-state index in [1.165, 1.54) is 0 Å². The fourth-order valence-corrected chi connectivity index (χ4v) is 2.21. The zero-order valence-electron chi connectivity index (χ0n) is 9.66. The summed E-state index contributed by atoms with van der Waals surface area (Å²) in [5, 5.41) is 5.92. The highest BCUT2D eigenvalue weighted by Gasteiger charge is 2.35. The second-order valence-electron chi connectivity index (χ2n) is 4.50. The molecule has 2 rings (SSSR count). The molecule has 0 aliphatic carbocycles. The molecule has 2 heterocycles. The molecule has 0 saturated carbocycles. The average molecular weight is 225 g/mol. The van der Waals surface area contributed by atoms with Crippen LogP contribution in [0.3, 0.4) is 0 Å². The minimum absolute atomic E-state index is 0.00142. The van der Waals surface area contributed by atoms with Crippen LogP contribution >= 0.6 is 0 Å². The zero-order chi connectivity index (χ0) is 11.5. The Labute approximate surface area is 95.6 Å². The quantitative estimate of drug-likeness (QED) is 0.676. The Morgan fingerprint density at radius 3 is 2.69 bits per heavy atom. The predicted molar refractivity (Wildman–Crippen MR) is 59.8 cm³/mol. The standard InChI is InChI=1S/C11H19N3O2/c1-2-5-14(8-6-12-7-8)11(16)9-3-4-10(15)13-9/h8-9,12H,2-7H2,1H3,(H,13,15). The first-order valence-electron chi connectivity index (χ1n) is 6.03. The van der Waals surface area contributed by atoms with Crippen LogP contribution in [0, 0.1) is 0 Å². The highest BCUT2D eigenvalue weighted by atomic mass is 16.2. The van der Waals surface area contributed by atoms with E-state index in [0.29, 0.717) is 18.9 Å². The minimum atomic E-state index is -0.278. The summed E-state index contributed by atoms with van der Waals surface area (Å²) >= 11 is 0. The third-order valence-corrected chi connectivity index (χ3v) is 3.24. The van der Waals surface area contributed by atoms with Gasteiger partial charge in [-0.1, -0.05) is 6.92 Å². The molecule has 5 heteroatoms. The molecular weight excluding hydrogens is 206 g/mol. The van der Waals surface area contributed by atoms with Crippen LogP contribution in [0.25, 0.3) is 0 Å². The van der Waals surface area contributed by atoms with Crippen LogP contribution in [-0.4, -0.2) is 48.4 Å². The van der Waals surface area contributed by atoms with E-state index in [4.69, 9.17) is 0 Å². The number of nitrogens with one attached hydrogen (secondary N) is 2. The summed E-state index contributed by atoms with van der Waals surface area (Å²) < 4.78 is 0. The summed E-state index contributed by atoms with van der Waals surface area (Å²) in [5.74, 6) is 0.0979. The molecule has 5 nitrogen and oxygen atoms in total. The first kappa shape index (κ1) is 11.4. The van der Waals surface area contributed by atoms with Gasteiger partial charge >= 0.3 is 0 Å². The molecule has 2 N–H and O–H groups in total. The van der Waals surface area contributed by atoms with E-state index >= 15 is 0 Å². The fourth-order valence-electron chi connectivity index (χ4n) is 2.21. The van der Waals surface area contributed by atoms with Gasteiger partial charge < -0.3 is 15.5 Å². The molecule has 1 unspecified atom stereocenters. The molecular formula is C11H19N3O2. The molecule has 0 aromatic rings. The molecule has 0 aromatic heterocycles. The van der Waals surface area contributed by atoms with Gasteiger partial charge in [-0.2, -0.15) is 0 Å². The number of amides is 2. The van der Waals surface area contributed by atoms with E-state index in [0.717, 1.165) is 26.1 Å². The van der Waals surface area contributed by atoms with Gasteiger partial charge in [-0.3, -0.25) is 9.59 Å². The van der Waals surface area contributed by atoms with E-state index < -0.39 is 0 Å². The van der Waals surface area contributed by atoms with Gasteiger partial charge in [0.05, 0.1) is 6.04 Å². The SMILES string of the molecule is CCCN(C(=O)C1CCC(=O)N1)C1CNC1. The van der Waals surface area contributed by atoms with Crippen LogP contribution in [0.15, 0.2) is 0 Å². The average Bonchev–Trinajstić information content (AvgIpc) is 2.60. The lowest BCUT2D eigenvalue weighted by Crippen LogP contribution is -2.61. The minimum Gasteiger partial charge on any atom is -0.344 e. The molecule has 2 saturated heterocycles. The maximum Gasteiger partial charge on any atom is 0.245 e. The summed E-state index contributed by atoms with van der Waals surface area (Å²) in [6, 6.07) is 0.0459. The van der Waals surface area contributed by atoms with Crippen LogP contribution in [0.4, 0.5) is 0 Å². The summed E-state index contributed by atoms with van der Waals surface area (Å²) in [5.41, 5.74) is 0. The first-order valence-corrected chi connectivity index (χ1v) is 6.03. The van der Waals surface area contributed by atoms with Crippen molar-refractivity contribution in [1.82, 2.24) is 15.5 Å². The van der Waals surface area contributed by atoms with E-state index in [-0.39, 0.29) is 17.9 Å². The van der Waals surface area contributed by atoms with Crippen LogP contribution in [0.1, 0.15) is 26.2 Å². The van der Waals surface area contributed by atoms with Crippen LogP contribution in [0.5, 0.6) is 0 Å². The molecule has 0 spiro atoms. The van der Waals surface area contributed by atoms with Crippen molar-refractivity contribution < 1.29 is 9.59 Å². The summed E-state index contributed by atoms with van der Waals surface area (Å²) in [7, 11) is 0. The first-order chi connectivity index (χ1) is 7.72. The third-order valence-electron chi connectivity index (χ3n) is 3.24. The molecule has 16 heavy (non-hydrogen) atoms. The van der Waals surface area contributed by atoms with Crippen LogP contribution in [0.2, 0.25) is 0 Å². The number of nitrogens with zero attached hydrogens (tertiary/aromatic N) is 1. The van der Waals surface area contributed by atoms with Crippen molar-refractivity contribution in [3.8, 4) is 0 Å². The van der Waals surface area contributed by atoms with Crippen molar-refractivity contribution in [1.29, 1.82) is 0 Å². The molecule has 2 amide bonds. The van der Waals surface area contributed by atoms with Crippen molar-refractivity contribution in [2.24, 2.45) is 0 Å². The predicted octanol–water partition coefficient (Wildman–Crippen LogP) is -0.525. The van der Waals surface area contributed by atoms with Gasteiger partial charge in [0, 0.05) is 26.1 Å². The Kier molecular flexibility index (Phi) is 3.43. The smallest absolute Gasteiger partial charge is 0.245 e. The van der Waals surface area contributed by atoms with Crippen molar-refractivity contribution in [3.05, 3.63) is 0 Å². The largest absolute Gasteiger partial charge is 0.344 e. The van der Waals surface area contributed by atoms with E-state index in [1.54, 1.807) is 0 Å². The molecule has 0 aromatic carbocycles. The van der Waals surface area contributed by atoms with E-state index in [9.17, 15) is 9.59 Å². The molecule has 2 aliphatic heterocycles. The topological polar surface area (TPSA) is 61.4 Å². The number of carbonyl (C=O) groups is 2. The maximum absolute atomic E-state index is 12.2. The maximum atomic E-state index is 12.2. The second kappa shape index (κ2) is 4.82. The molecule has 0 radical (unpaired) electrons. The van der Waals surface area contributed by atoms with Gasteiger partial charge in [-0.05, 0) is 12.8 Å². The molecule has 2 fully saturated rings. The zero-order valence-corrected chi connectivity index (χ0v) is 9.66. The van der Waals surface area contributed by atoms with E-state index in [1.807, 2.05) is 4.90 Å². The van der Waals surface area contributed by atoms with Crippen molar-refractivity contribution in [2.45, 2.75) is 38.3 Å². The Morgan fingerprint density at radius 1 is 1.50 bits per heavy atom. The fraction of sp³-hybridized carbons (Fsp3) is 0.818. The van der Waals surface area contributed by atoms with Gasteiger partial charge in [0.25, 0.3) is 0 Å². The van der Waals surface area contributed by atoms with Crippen molar-refractivity contribution >= 4 is 11.8 Å². The van der Waals surface area contributed by atoms with Gasteiger partial charge in [0.2, 0.25) is 11.8 Å². The number of hydrogen-bond donors (Lipinski definition) is 2. The molecule has 0 bridgehead atoms. The summed E-state index contributed by atoms with van der Waals surface area (Å²) in [6.07, 6.45) is 2.10. The van der Waals surface area contributed by atoms with Gasteiger partial charge in [0.1, 0.15) is 6.04 Å². The monoisotopic (exact) mass is 225 g/mol. The van der Waals surface area contributed by atoms with Crippen LogP contribution < -0.4 is 10.6 Å². The lowest BCUT2D eigenvalue weighted by molar-refractivity contribution is -0.137. The Hall–Kier alpha value is -1.10. The van der Waals surface area contributed by atoms with Gasteiger partial charge in [-0.25, -0.2) is 0 Å². The second-order valence-corrected chi connectivity index (χ2v) is 4.50. The molecule has 90 valence electrons. The normalized spacial score (nSPS) is 25.1. The third kappa shape index (κ3) is 2.19. The lowest BCUT2D eigenvalue weighted by Gasteiger charge is -2.39. The molecule has 1 atom stereocenters. The highest BCUT2D eigenvalue weighted by Crippen LogP contribution is 2.14. The van der Waals surface area contributed by atoms with Crippen molar-refractivity contribution in [2.75, 3.05) is 19.6 Å². The highest BCUT2D eigenvalue weighted by molar-refractivity contribution is 5.91. The summed E-state index contributed by atoms with van der Waals surface area (Å²) in [4.78, 5) is 25.2. The number of hydrogen-bond acceptors (Lipinski definition) is 3. The lowest BCUT2D eigenvalue weighted by atomic mass is 10.1. The number of carbonyl (C=O) groups excluding carboxylic acids is 2. The van der Waals surface area contributed by atoms with Crippen LogP contribution in [-0.2, 0) is 9.59 Å². The van der Waals surface area contributed by atoms with Crippen molar-refractivity contribution in [3.63, 3.8) is 0 Å². The summed E-state index contributed by atoms with van der Waals surface area (Å²) in [6.45, 7) is 4.62. The Bertz CT molecular complexity index is 289. The van der Waals surface area contributed by atoms with Gasteiger partial charge in [0.15, 0.2) is 0 Å². The van der Waals surface area contributed by atoms with E-state index in [2.05, 4.69) is 17.6 Å².